The zero-order valence-corrected chi connectivity index (χ0v) is 14.8. The minimum absolute atomic E-state index is 0.0251. The first-order chi connectivity index (χ1) is 13.1. The number of hydrogen-bond donors (Lipinski definition) is 1. The van der Waals surface area contributed by atoms with Gasteiger partial charge in [0.05, 0.1) is 16.8 Å². The maximum Gasteiger partial charge on any atom is 0.325 e. The number of fused-ring (bicyclic) bond motifs is 1. The van der Waals surface area contributed by atoms with Gasteiger partial charge < -0.3 is 10.0 Å². The molecule has 1 atom stereocenters. The van der Waals surface area contributed by atoms with Gasteiger partial charge in [-0.1, -0.05) is 18.2 Å². The van der Waals surface area contributed by atoms with Crippen LogP contribution in [-0.2, 0) is 11.3 Å². The minimum atomic E-state index is -0.922. The molecular formula is C20H20N4O3. The third-order valence-electron chi connectivity index (χ3n) is 4.92. The van der Waals surface area contributed by atoms with E-state index in [0.717, 1.165) is 29.4 Å². The minimum Gasteiger partial charge on any atom is -0.480 e. The average Bonchev–Trinajstić information content (AvgIpc) is 3.15. The third-order valence-corrected chi connectivity index (χ3v) is 4.92. The van der Waals surface area contributed by atoms with Crippen molar-refractivity contribution in [3.05, 3.63) is 60.0 Å². The SMILES string of the molecule is O=C(O)Cn1ccc(C2CCCN(C(=O)c3cnc4ccccc4c3)C2)n1. The first-order valence-corrected chi connectivity index (χ1v) is 8.99. The van der Waals surface area contributed by atoms with Crippen LogP contribution in [0.5, 0.6) is 0 Å². The smallest absolute Gasteiger partial charge is 0.325 e. The molecule has 7 nitrogen and oxygen atoms in total. The Bertz CT molecular complexity index is 998. The number of hydrogen-bond acceptors (Lipinski definition) is 4. The number of carboxylic acids is 1. The van der Waals surface area contributed by atoms with Crippen molar-refractivity contribution in [3.8, 4) is 0 Å². The summed E-state index contributed by atoms with van der Waals surface area (Å²) in [7, 11) is 0. The van der Waals surface area contributed by atoms with Crippen LogP contribution in [0.4, 0.5) is 0 Å². The van der Waals surface area contributed by atoms with Crippen LogP contribution in [0, 0.1) is 0 Å². The summed E-state index contributed by atoms with van der Waals surface area (Å²) in [6, 6.07) is 11.5. The van der Waals surface area contributed by atoms with Gasteiger partial charge in [-0.2, -0.15) is 5.10 Å². The largest absolute Gasteiger partial charge is 0.480 e. The van der Waals surface area contributed by atoms with E-state index >= 15 is 0 Å². The Morgan fingerprint density at radius 2 is 2.07 bits per heavy atom. The second-order valence-corrected chi connectivity index (χ2v) is 6.84. The molecule has 0 saturated carbocycles. The van der Waals surface area contributed by atoms with Crippen LogP contribution in [-0.4, -0.2) is 49.7 Å². The predicted octanol–water partition coefficient (Wildman–Crippen LogP) is 2.54. The number of rotatable bonds is 4. The number of benzene rings is 1. The molecule has 1 aliphatic heterocycles. The van der Waals surface area contributed by atoms with Crippen molar-refractivity contribution < 1.29 is 14.7 Å². The van der Waals surface area contributed by atoms with Crippen molar-refractivity contribution in [3.63, 3.8) is 0 Å². The molecule has 1 unspecified atom stereocenters. The molecule has 2 aromatic heterocycles. The number of nitrogens with zero attached hydrogens (tertiary/aromatic N) is 4. The van der Waals surface area contributed by atoms with E-state index in [1.807, 2.05) is 41.3 Å². The molecular weight excluding hydrogens is 344 g/mol. The third kappa shape index (κ3) is 3.67. The molecule has 0 bridgehead atoms. The number of carbonyl (C=O) groups excluding carboxylic acids is 1. The first kappa shape index (κ1) is 17.2. The lowest BCUT2D eigenvalue weighted by atomic mass is 9.94. The van der Waals surface area contributed by atoms with E-state index in [9.17, 15) is 9.59 Å². The lowest BCUT2D eigenvalue weighted by Crippen LogP contribution is -2.39. The summed E-state index contributed by atoms with van der Waals surface area (Å²) in [5, 5.41) is 14.2. The van der Waals surface area contributed by atoms with Crippen LogP contribution in [0.15, 0.2) is 48.8 Å². The number of amides is 1. The van der Waals surface area contributed by atoms with E-state index in [2.05, 4.69) is 10.1 Å². The van der Waals surface area contributed by atoms with E-state index in [1.165, 1.54) is 4.68 Å². The molecule has 3 aromatic rings. The second-order valence-electron chi connectivity index (χ2n) is 6.84. The summed E-state index contributed by atoms with van der Waals surface area (Å²) in [4.78, 5) is 30.0. The molecule has 1 fully saturated rings. The van der Waals surface area contributed by atoms with Crippen LogP contribution in [0.25, 0.3) is 10.9 Å². The van der Waals surface area contributed by atoms with Gasteiger partial charge in [-0.15, -0.1) is 0 Å². The summed E-state index contributed by atoms with van der Waals surface area (Å²) in [6.45, 7) is 1.13. The molecule has 1 aromatic carbocycles. The Labute approximate surface area is 156 Å². The van der Waals surface area contributed by atoms with Crippen molar-refractivity contribution >= 4 is 22.8 Å². The van der Waals surface area contributed by atoms with Gasteiger partial charge in [0, 0.05) is 36.8 Å². The van der Waals surface area contributed by atoms with Gasteiger partial charge >= 0.3 is 5.97 Å². The summed E-state index contributed by atoms with van der Waals surface area (Å²) >= 11 is 0. The Kier molecular flexibility index (Phi) is 4.58. The number of likely N-dealkylation sites (tertiary alicyclic amines) is 1. The Hall–Kier alpha value is -3.22. The van der Waals surface area contributed by atoms with Crippen molar-refractivity contribution in [1.82, 2.24) is 19.7 Å². The zero-order valence-electron chi connectivity index (χ0n) is 14.8. The summed E-state index contributed by atoms with van der Waals surface area (Å²) < 4.78 is 1.42. The molecule has 1 N–H and O–H groups in total. The number of aromatic nitrogens is 3. The Morgan fingerprint density at radius 1 is 1.22 bits per heavy atom. The van der Waals surface area contributed by atoms with Gasteiger partial charge in [0.2, 0.25) is 0 Å². The molecule has 1 saturated heterocycles. The summed E-state index contributed by atoms with van der Waals surface area (Å²) in [6.07, 6.45) is 5.14. The van der Waals surface area contributed by atoms with E-state index in [0.29, 0.717) is 18.7 Å². The molecule has 0 aliphatic carbocycles. The van der Waals surface area contributed by atoms with Gasteiger partial charge in [0.1, 0.15) is 6.54 Å². The second kappa shape index (κ2) is 7.19. The number of pyridine rings is 1. The standard InChI is InChI=1S/C20H20N4O3/c25-19(26)13-24-9-7-18(22-24)15-5-3-8-23(12-15)20(27)16-10-14-4-1-2-6-17(14)21-11-16/h1-2,4,6-7,9-11,15H,3,5,8,12-13H2,(H,25,26). The van der Waals surface area contributed by atoms with Crippen LogP contribution in [0.3, 0.4) is 0 Å². The highest BCUT2D eigenvalue weighted by atomic mass is 16.4. The van der Waals surface area contributed by atoms with Gasteiger partial charge in [-0.25, -0.2) is 0 Å². The topological polar surface area (TPSA) is 88.3 Å². The number of carboxylic acid groups (broad SMARTS) is 1. The van der Waals surface area contributed by atoms with Crippen molar-refractivity contribution in [2.75, 3.05) is 13.1 Å². The molecule has 27 heavy (non-hydrogen) atoms. The van der Waals surface area contributed by atoms with E-state index in [1.54, 1.807) is 12.4 Å². The van der Waals surface area contributed by atoms with Gasteiger partial charge in [0.25, 0.3) is 5.91 Å². The van der Waals surface area contributed by atoms with Crippen molar-refractivity contribution in [2.45, 2.75) is 25.3 Å². The van der Waals surface area contributed by atoms with Crippen LogP contribution < -0.4 is 0 Å². The number of carbonyl (C=O) groups is 2. The quantitative estimate of drug-likeness (QED) is 0.768. The highest BCUT2D eigenvalue weighted by Crippen LogP contribution is 2.27. The highest BCUT2D eigenvalue weighted by molar-refractivity contribution is 5.97. The molecule has 138 valence electrons. The summed E-state index contributed by atoms with van der Waals surface area (Å²) in [5.41, 5.74) is 2.30. The van der Waals surface area contributed by atoms with E-state index < -0.39 is 5.97 Å². The number of piperidine rings is 1. The van der Waals surface area contributed by atoms with Gasteiger partial charge in [0.15, 0.2) is 0 Å². The number of para-hydroxylation sites is 1. The molecule has 7 heteroatoms. The Balaban J connectivity index is 1.50. The molecule has 1 amide bonds. The van der Waals surface area contributed by atoms with Gasteiger partial charge in [-0.3, -0.25) is 19.3 Å². The lowest BCUT2D eigenvalue weighted by Gasteiger charge is -2.32. The molecule has 0 radical (unpaired) electrons. The van der Waals surface area contributed by atoms with Crippen molar-refractivity contribution in [1.29, 1.82) is 0 Å². The highest BCUT2D eigenvalue weighted by Gasteiger charge is 2.27. The Morgan fingerprint density at radius 3 is 2.93 bits per heavy atom. The predicted molar refractivity (Wildman–Crippen MR) is 99.5 cm³/mol. The fraction of sp³-hybridized carbons (Fsp3) is 0.300. The summed E-state index contributed by atoms with van der Waals surface area (Å²) in [5.74, 6) is -0.831. The maximum absolute atomic E-state index is 13.0. The zero-order chi connectivity index (χ0) is 18.8. The molecule has 3 heterocycles. The van der Waals surface area contributed by atoms with E-state index in [4.69, 9.17) is 5.11 Å². The fourth-order valence-corrected chi connectivity index (χ4v) is 3.60. The van der Waals surface area contributed by atoms with Crippen LogP contribution in [0.2, 0.25) is 0 Å². The van der Waals surface area contributed by atoms with Gasteiger partial charge in [-0.05, 0) is 31.0 Å². The number of aliphatic carboxylic acids is 1. The monoisotopic (exact) mass is 364 g/mol. The lowest BCUT2D eigenvalue weighted by molar-refractivity contribution is -0.137. The normalized spacial score (nSPS) is 17.2. The van der Waals surface area contributed by atoms with E-state index in [-0.39, 0.29) is 18.4 Å². The van der Waals surface area contributed by atoms with Crippen molar-refractivity contribution in [2.24, 2.45) is 0 Å². The van der Waals surface area contributed by atoms with Crippen LogP contribution in [0.1, 0.15) is 34.8 Å². The molecule has 1 aliphatic rings. The first-order valence-electron chi connectivity index (χ1n) is 8.99. The molecule has 0 spiro atoms. The van der Waals surface area contributed by atoms with Crippen LogP contribution >= 0.6 is 0 Å². The molecule has 4 rings (SSSR count). The fourth-order valence-electron chi connectivity index (χ4n) is 3.60. The average molecular weight is 364 g/mol. The maximum atomic E-state index is 13.0.